The highest BCUT2D eigenvalue weighted by Crippen LogP contribution is 2.34. The number of likely N-dealkylation sites (tertiary alicyclic amines) is 1. The zero-order valence-corrected chi connectivity index (χ0v) is 13.2. The molecular formula is C18H21FN2O2. The summed E-state index contributed by atoms with van der Waals surface area (Å²) in [6.07, 6.45) is 5.35. The van der Waals surface area contributed by atoms with E-state index in [1.165, 1.54) is 17.0 Å². The molecule has 1 aromatic rings. The Kier molecular flexibility index (Phi) is 4.57. The number of fused-ring (bicyclic) bond motifs is 1. The normalized spacial score (nSPS) is 23.7. The molecule has 5 heteroatoms. The van der Waals surface area contributed by atoms with Crippen LogP contribution in [0, 0.1) is 17.7 Å². The fourth-order valence-electron chi connectivity index (χ4n) is 3.34. The third-order valence-corrected chi connectivity index (χ3v) is 4.67. The van der Waals surface area contributed by atoms with Crippen molar-refractivity contribution in [2.75, 3.05) is 20.1 Å². The number of hydrogen-bond acceptors (Lipinski definition) is 3. The molecule has 0 aromatic heterocycles. The minimum Gasteiger partial charge on any atom is -0.300 e. The maximum atomic E-state index is 12.9. The monoisotopic (exact) mass is 316 g/mol. The van der Waals surface area contributed by atoms with Gasteiger partial charge in [0.1, 0.15) is 5.82 Å². The second-order valence-corrected chi connectivity index (χ2v) is 6.35. The maximum absolute atomic E-state index is 12.9. The standard InChI is InChI=1S/C18H21FN2O2/c1-20(12-13-6-8-14(19)9-7-13)10-11-21-17(22)15-4-2-3-5-16(15)18(21)23/h2-3,6-9,15-16H,4-5,10-12H2,1H3/t15-,16-/m1/s1. The Balaban J connectivity index is 1.54. The van der Waals surface area contributed by atoms with Crippen molar-refractivity contribution in [3.05, 3.63) is 47.8 Å². The third-order valence-electron chi connectivity index (χ3n) is 4.67. The lowest BCUT2D eigenvalue weighted by atomic mass is 9.85. The Hall–Kier alpha value is -2.01. The van der Waals surface area contributed by atoms with Gasteiger partial charge in [-0.3, -0.25) is 14.5 Å². The molecule has 4 nitrogen and oxygen atoms in total. The molecule has 23 heavy (non-hydrogen) atoms. The Morgan fingerprint density at radius 3 is 2.22 bits per heavy atom. The van der Waals surface area contributed by atoms with E-state index in [-0.39, 0.29) is 29.5 Å². The molecule has 1 heterocycles. The quantitative estimate of drug-likeness (QED) is 0.618. The molecular weight excluding hydrogens is 295 g/mol. The molecule has 1 fully saturated rings. The van der Waals surface area contributed by atoms with Gasteiger partial charge in [0, 0.05) is 19.6 Å². The van der Waals surface area contributed by atoms with Crippen LogP contribution in [0.2, 0.25) is 0 Å². The minimum absolute atomic E-state index is 0.0282. The molecule has 1 aromatic carbocycles. The molecule has 1 aliphatic heterocycles. The number of imide groups is 1. The van der Waals surface area contributed by atoms with Gasteiger partial charge in [0.25, 0.3) is 0 Å². The largest absolute Gasteiger partial charge is 0.300 e. The highest BCUT2D eigenvalue weighted by molar-refractivity contribution is 6.05. The van der Waals surface area contributed by atoms with E-state index in [1.807, 2.05) is 24.1 Å². The predicted octanol–water partition coefficient (Wildman–Crippen LogP) is 2.21. The van der Waals surface area contributed by atoms with E-state index in [0.29, 0.717) is 32.5 Å². The molecule has 122 valence electrons. The molecule has 0 saturated carbocycles. The average Bonchev–Trinajstić information content (AvgIpc) is 2.80. The van der Waals surface area contributed by atoms with E-state index < -0.39 is 0 Å². The Morgan fingerprint density at radius 1 is 1.09 bits per heavy atom. The van der Waals surface area contributed by atoms with Crippen molar-refractivity contribution >= 4 is 11.8 Å². The first-order valence-corrected chi connectivity index (χ1v) is 7.99. The predicted molar refractivity (Wildman–Crippen MR) is 84.8 cm³/mol. The first-order chi connectivity index (χ1) is 11.1. The van der Waals surface area contributed by atoms with Gasteiger partial charge in [-0.1, -0.05) is 24.3 Å². The van der Waals surface area contributed by atoms with Gasteiger partial charge < -0.3 is 4.90 Å². The number of carbonyl (C=O) groups is 2. The summed E-state index contributed by atoms with van der Waals surface area (Å²) in [5.74, 6) is -0.621. The van der Waals surface area contributed by atoms with Crippen molar-refractivity contribution < 1.29 is 14.0 Å². The van der Waals surface area contributed by atoms with Crippen molar-refractivity contribution in [2.45, 2.75) is 19.4 Å². The van der Waals surface area contributed by atoms with Gasteiger partial charge in [0.05, 0.1) is 11.8 Å². The number of benzene rings is 1. The zero-order valence-electron chi connectivity index (χ0n) is 13.2. The van der Waals surface area contributed by atoms with Crippen LogP contribution < -0.4 is 0 Å². The summed E-state index contributed by atoms with van der Waals surface area (Å²) < 4.78 is 12.9. The molecule has 0 radical (unpaired) electrons. The molecule has 1 saturated heterocycles. The summed E-state index contributed by atoms with van der Waals surface area (Å²) in [5, 5.41) is 0. The number of hydrogen-bond donors (Lipinski definition) is 0. The SMILES string of the molecule is CN(CCN1C(=O)[C@@H]2CC=CC[C@H]2C1=O)Cc1ccc(F)cc1. The van der Waals surface area contributed by atoms with Crippen LogP contribution in [-0.2, 0) is 16.1 Å². The number of likely N-dealkylation sites (N-methyl/N-ethyl adjacent to an activating group) is 1. The Labute approximate surface area is 135 Å². The van der Waals surface area contributed by atoms with Crippen LogP contribution in [0.4, 0.5) is 4.39 Å². The summed E-state index contributed by atoms with van der Waals surface area (Å²) in [5.41, 5.74) is 1.01. The number of carbonyl (C=O) groups excluding carboxylic acids is 2. The zero-order chi connectivity index (χ0) is 16.4. The van der Waals surface area contributed by atoms with Gasteiger partial charge in [0.15, 0.2) is 0 Å². The molecule has 0 unspecified atom stereocenters. The van der Waals surface area contributed by atoms with Gasteiger partial charge >= 0.3 is 0 Å². The van der Waals surface area contributed by atoms with Crippen LogP contribution >= 0.6 is 0 Å². The van der Waals surface area contributed by atoms with Crippen LogP contribution in [0.5, 0.6) is 0 Å². The van der Waals surface area contributed by atoms with Gasteiger partial charge in [-0.25, -0.2) is 4.39 Å². The third kappa shape index (κ3) is 3.34. The second kappa shape index (κ2) is 6.62. The van der Waals surface area contributed by atoms with E-state index in [9.17, 15) is 14.0 Å². The highest BCUT2D eigenvalue weighted by Gasteiger charge is 2.46. The Bertz CT molecular complexity index is 600. The van der Waals surface area contributed by atoms with Crippen molar-refractivity contribution in [3.8, 4) is 0 Å². The van der Waals surface area contributed by atoms with Gasteiger partial charge in [0.2, 0.25) is 11.8 Å². The average molecular weight is 316 g/mol. The molecule has 0 bridgehead atoms. The number of halogens is 1. The number of amides is 2. The summed E-state index contributed by atoms with van der Waals surface area (Å²) in [4.78, 5) is 28.2. The molecule has 2 atom stereocenters. The summed E-state index contributed by atoms with van der Waals surface area (Å²) in [6.45, 7) is 1.69. The molecule has 1 aliphatic carbocycles. The number of nitrogens with zero attached hydrogens (tertiary/aromatic N) is 2. The molecule has 2 amide bonds. The van der Waals surface area contributed by atoms with Crippen molar-refractivity contribution in [2.24, 2.45) is 11.8 Å². The smallest absolute Gasteiger partial charge is 0.233 e. The maximum Gasteiger partial charge on any atom is 0.233 e. The molecule has 0 spiro atoms. The molecule has 2 aliphatic rings. The first-order valence-electron chi connectivity index (χ1n) is 7.99. The number of allylic oxidation sites excluding steroid dienone is 2. The highest BCUT2D eigenvalue weighted by atomic mass is 19.1. The van der Waals surface area contributed by atoms with Crippen LogP contribution in [0.15, 0.2) is 36.4 Å². The summed E-state index contributed by atoms with van der Waals surface area (Å²) in [6, 6.07) is 6.37. The van der Waals surface area contributed by atoms with E-state index in [4.69, 9.17) is 0 Å². The van der Waals surface area contributed by atoms with E-state index in [2.05, 4.69) is 0 Å². The molecule has 3 rings (SSSR count). The first kappa shape index (κ1) is 15.9. The van der Waals surface area contributed by atoms with Gasteiger partial charge in [-0.2, -0.15) is 0 Å². The van der Waals surface area contributed by atoms with Gasteiger partial charge in [-0.15, -0.1) is 0 Å². The van der Waals surface area contributed by atoms with Crippen LogP contribution in [0.1, 0.15) is 18.4 Å². The summed E-state index contributed by atoms with van der Waals surface area (Å²) in [7, 11) is 1.93. The van der Waals surface area contributed by atoms with E-state index in [1.54, 1.807) is 12.1 Å². The minimum atomic E-state index is -0.249. The van der Waals surface area contributed by atoms with Gasteiger partial charge in [-0.05, 0) is 37.6 Å². The lowest BCUT2D eigenvalue weighted by Gasteiger charge is -2.21. The van der Waals surface area contributed by atoms with Crippen molar-refractivity contribution in [3.63, 3.8) is 0 Å². The molecule has 0 N–H and O–H groups in total. The number of rotatable bonds is 5. The van der Waals surface area contributed by atoms with Crippen LogP contribution in [-0.4, -0.2) is 41.8 Å². The fourth-order valence-corrected chi connectivity index (χ4v) is 3.34. The Morgan fingerprint density at radius 2 is 1.65 bits per heavy atom. The lowest BCUT2D eigenvalue weighted by Crippen LogP contribution is -2.37. The van der Waals surface area contributed by atoms with Crippen molar-refractivity contribution in [1.82, 2.24) is 9.80 Å². The lowest BCUT2D eigenvalue weighted by molar-refractivity contribution is -0.140. The second-order valence-electron chi connectivity index (χ2n) is 6.35. The van der Waals surface area contributed by atoms with Crippen LogP contribution in [0.3, 0.4) is 0 Å². The van der Waals surface area contributed by atoms with E-state index in [0.717, 1.165) is 5.56 Å². The fraction of sp³-hybridized carbons (Fsp3) is 0.444. The topological polar surface area (TPSA) is 40.6 Å². The van der Waals surface area contributed by atoms with Crippen LogP contribution in [0.25, 0.3) is 0 Å². The summed E-state index contributed by atoms with van der Waals surface area (Å²) >= 11 is 0. The van der Waals surface area contributed by atoms with Crippen molar-refractivity contribution in [1.29, 1.82) is 0 Å². The van der Waals surface area contributed by atoms with E-state index >= 15 is 0 Å².